The maximum atomic E-state index is 2.57. The van der Waals surface area contributed by atoms with E-state index >= 15 is 0 Å². The number of nitrogens with zero attached hydrogens (tertiary/aromatic N) is 1. The van der Waals surface area contributed by atoms with Gasteiger partial charge in [-0.05, 0) is 35.1 Å². The smallest absolute Gasteiger partial charge is 0.330 e. The van der Waals surface area contributed by atoms with Gasteiger partial charge in [-0.2, -0.15) is 0 Å². The van der Waals surface area contributed by atoms with Crippen molar-refractivity contribution in [2.24, 2.45) is 0 Å². The Hall–Kier alpha value is -3.34. The van der Waals surface area contributed by atoms with E-state index in [1.807, 2.05) is 22.7 Å². The summed E-state index contributed by atoms with van der Waals surface area (Å²) in [7, 11) is 0. The number of rotatable bonds is 2. The minimum atomic E-state index is 0.121. The van der Waals surface area contributed by atoms with Gasteiger partial charge in [-0.1, -0.05) is 90.4 Å². The van der Waals surface area contributed by atoms with E-state index in [0.29, 0.717) is 0 Å². The molecule has 0 spiro atoms. The van der Waals surface area contributed by atoms with Crippen molar-refractivity contribution in [2.45, 2.75) is 0 Å². The molecule has 1 aliphatic rings. The van der Waals surface area contributed by atoms with Crippen LogP contribution >= 0.6 is 22.7 Å². The minimum absolute atomic E-state index is 0.121. The van der Waals surface area contributed by atoms with E-state index in [1.54, 1.807) is 0 Å². The molecular formula is C28H18BNS2. The molecule has 0 bridgehead atoms. The molecule has 0 N–H and O–H groups in total. The Morgan fingerprint density at radius 1 is 0.531 bits per heavy atom. The second-order valence-electron chi connectivity index (χ2n) is 8.14. The number of thiophene rings is 2. The number of benzene rings is 4. The first-order chi connectivity index (χ1) is 15.9. The molecule has 32 heavy (non-hydrogen) atoms. The van der Waals surface area contributed by atoms with Crippen LogP contribution in [0.25, 0.3) is 29.9 Å². The average molecular weight is 443 g/mol. The zero-order valence-corrected chi connectivity index (χ0v) is 18.9. The monoisotopic (exact) mass is 443 g/mol. The SMILES string of the molecule is c1ccc(B2c3c(sc4ccccc34)-c3sc4ccccc4c3N2c2ccccc2)cc1. The Morgan fingerprint density at radius 3 is 1.84 bits per heavy atom. The summed E-state index contributed by atoms with van der Waals surface area (Å²) in [5, 5.41) is 2.70. The molecule has 0 fully saturated rings. The van der Waals surface area contributed by atoms with Gasteiger partial charge < -0.3 is 4.81 Å². The summed E-state index contributed by atoms with van der Waals surface area (Å²) in [6.45, 7) is 0.121. The molecule has 0 saturated heterocycles. The summed E-state index contributed by atoms with van der Waals surface area (Å²) in [4.78, 5) is 5.38. The zero-order chi connectivity index (χ0) is 21.1. The Labute approximate surface area is 195 Å². The Balaban J connectivity index is 1.66. The summed E-state index contributed by atoms with van der Waals surface area (Å²) < 4.78 is 2.70. The predicted molar refractivity (Wildman–Crippen MR) is 143 cm³/mol. The Morgan fingerprint density at radius 2 is 1.09 bits per heavy atom. The van der Waals surface area contributed by atoms with Gasteiger partial charge in [-0.15, -0.1) is 22.7 Å². The van der Waals surface area contributed by atoms with Crippen molar-refractivity contribution < 1.29 is 0 Å². The lowest BCUT2D eigenvalue weighted by molar-refractivity contribution is 1.41. The highest BCUT2D eigenvalue weighted by Crippen LogP contribution is 2.52. The van der Waals surface area contributed by atoms with Crippen LogP contribution < -0.4 is 15.7 Å². The van der Waals surface area contributed by atoms with Crippen LogP contribution in [0.1, 0.15) is 0 Å². The number of fused-ring (bicyclic) bond motifs is 7. The standard InChI is InChI=1S/C28H18BNS2/c1-3-11-19(12-4-1)29-25-21-15-7-9-17-23(21)31-27(25)28-26(22-16-8-10-18-24(22)32-28)30(29)20-13-5-2-6-14-20/h1-18H. The van der Waals surface area contributed by atoms with Gasteiger partial charge in [0.05, 0.1) is 10.6 Å². The third-order valence-corrected chi connectivity index (χ3v) is 8.84. The van der Waals surface area contributed by atoms with E-state index in [2.05, 4.69) is 114 Å². The van der Waals surface area contributed by atoms with Gasteiger partial charge in [0.15, 0.2) is 0 Å². The molecule has 4 heteroatoms. The molecule has 3 heterocycles. The molecule has 1 aliphatic heterocycles. The van der Waals surface area contributed by atoms with Gasteiger partial charge in [0.25, 0.3) is 0 Å². The quantitative estimate of drug-likeness (QED) is 0.260. The highest BCUT2D eigenvalue weighted by atomic mass is 32.1. The molecule has 4 aromatic carbocycles. The maximum absolute atomic E-state index is 2.57. The lowest BCUT2D eigenvalue weighted by Crippen LogP contribution is -2.56. The van der Waals surface area contributed by atoms with Gasteiger partial charge in [0.2, 0.25) is 0 Å². The predicted octanol–water partition coefficient (Wildman–Crippen LogP) is 7.04. The van der Waals surface area contributed by atoms with E-state index in [4.69, 9.17) is 0 Å². The van der Waals surface area contributed by atoms with E-state index in [1.165, 1.54) is 52.2 Å². The van der Waals surface area contributed by atoms with Crippen LogP contribution in [0.15, 0.2) is 109 Å². The first-order valence-corrected chi connectivity index (χ1v) is 12.5. The number of hydrogen-bond acceptors (Lipinski definition) is 3. The molecular weight excluding hydrogens is 425 g/mol. The highest BCUT2D eigenvalue weighted by molar-refractivity contribution is 7.31. The normalized spacial score (nSPS) is 12.9. The molecule has 0 radical (unpaired) electrons. The van der Waals surface area contributed by atoms with Crippen molar-refractivity contribution in [3.8, 4) is 9.75 Å². The number of hydrogen-bond donors (Lipinski definition) is 0. The van der Waals surface area contributed by atoms with Crippen LogP contribution in [0.3, 0.4) is 0 Å². The molecule has 0 amide bonds. The van der Waals surface area contributed by atoms with Crippen LogP contribution in [0.5, 0.6) is 0 Å². The fraction of sp³-hybridized carbons (Fsp3) is 0. The summed E-state index contributed by atoms with van der Waals surface area (Å²) >= 11 is 3.86. The number of anilines is 2. The first-order valence-electron chi connectivity index (χ1n) is 10.8. The molecule has 0 aliphatic carbocycles. The molecule has 6 aromatic rings. The van der Waals surface area contributed by atoms with Gasteiger partial charge in [-0.25, -0.2) is 0 Å². The van der Waals surface area contributed by atoms with E-state index in [0.717, 1.165) is 0 Å². The van der Waals surface area contributed by atoms with Gasteiger partial charge in [0.1, 0.15) is 0 Å². The molecule has 0 unspecified atom stereocenters. The van der Waals surface area contributed by atoms with Crippen molar-refractivity contribution in [3.05, 3.63) is 109 Å². The fourth-order valence-corrected chi connectivity index (χ4v) is 7.58. The average Bonchev–Trinajstić information content (AvgIpc) is 3.43. The third kappa shape index (κ3) is 2.57. The van der Waals surface area contributed by atoms with Crippen molar-refractivity contribution in [1.29, 1.82) is 0 Å². The van der Waals surface area contributed by atoms with Crippen LogP contribution in [-0.4, -0.2) is 6.85 Å². The highest BCUT2D eigenvalue weighted by Gasteiger charge is 2.41. The van der Waals surface area contributed by atoms with Crippen LogP contribution in [0.2, 0.25) is 0 Å². The molecule has 0 saturated carbocycles. The lowest BCUT2D eigenvalue weighted by Gasteiger charge is -2.36. The second-order valence-corrected chi connectivity index (χ2v) is 10.2. The molecule has 0 atom stereocenters. The lowest BCUT2D eigenvalue weighted by atomic mass is 9.46. The molecule has 2 aromatic heterocycles. The van der Waals surface area contributed by atoms with Crippen molar-refractivity contribution >= 4 is 72.0 Å². The van der Waals surface area contributed by atoms with Crippen molar-refractivity contribution in [2.75, 3.05) is 4.81 Å². The topological polar surface area (TPSA) is 3.24 Å². The van der Waals surface area contributed by atoms with E-state index in [-0.39, 0.29) is 6.85 Å². The minimum Gasteiger partial charge on any atom is -0.375 e. The Bertz CT molecular complexity index is 1460. The van der Waals surface area contributed by atoms with Gasteiger partial charge in [-0.3, -0.25) is 0 Å². The van der Waals surface area contributed by atoms with Crippen molar-refractivity contribution in [1.82, 2.24) is 0 Å². The maximum Gasteiger partial charge on any atom is 0.330 e. The molecule has 150 valence electrons. The largest absolute Gasteiger partial charge is 0.375 e. The summed E-state index contributed by atoms with van der Waals surface area (Å²) in [6.07, 6.45) is 0. The zero-order valence-electron chi connectivity index (χ0n) is 17.2. The van der Waals surface area contributed by atoms with Crippen molar-refractivity contribution in [3.63, 3.8) is 0 Å². The van der Waals surface area contributed by atoms with Gasteiger partial charge in [0, 0.05) is 25.4 Å². The van der Waals surface area contributed by atoms with Crippen LogP contribution in [0.4, 0.5) is 11.4 Å². The van der Waals surface area contributed by atoms with E-state index < -0.39 is 0 Å². The van der Waals surface area contributed by atoms with E-state index in [9.17, 15) is 0 Å². The summed E-state index contributed by atoms with van der Waals surface area (Å²) in [5.74, 6) is 0. The second kappa shape index (κ2) is 7.09. The summed E-state index contributed by atoms with van der Waals surface area (Å²) in [5.41, 5.74) is 5.32. The van der Waals surface area contributed by atoms with Crippen LogP contribution in [-0.2, 0) is 0 Å². The fourth-order valence-electron chi connectivity index (χ4n) is 5.01. The first kappa shape index (κ1) is 18.3. The van der Waals surface area contributed by atoms with Gasteiger partial charge >= 0.3 is 6.85 Å². The van der Waals surface area contributed by atoms with Crippen LogP contribution in [0, 0.1) is 0 Å². The summed E-state index contributed by atoms with van der Waals surface area (Å²) in [6, 6.07) is 39.6. The Kier molecular flexibility index (Phi) is 4.05. The number of para-hydroxylation sites is 1. The molecule has 7 rings (SSSR count). The third-order valence-electron chi connectivity index (χ3n) is 6.33. The molecule has 1 nitrogen and oxygen atoms in total.